The van der Waals surface area contributed by atoms with Crippen molar-refractivity contribution in [1.29, 1.82) is 0 Å². The molecule has 0 saturated heterocycles. The molecule has 2 heterocycles. The summed E-state index contributed by atoms with van der Waals surface area (Å²) in [5, 5.41) is 18.7. The van der Waals surface area contributed by atoms with E-state index in [2.05, 4.69) is 34.7 Å². The Morgan fingerprint density at radius 3 is 2.58 bits per heavy atom. The van der Waals surface area contributed by atoms with Crippen LogP contribution in [0.2, 0.25) is 0 Å². The first-order valence-electron chi connectivity index (χ1n) is 11.7. The van der Waals surface area contributed by atoms with E-state index in [4.69, 9.17) is 9.47 Å². The van der Waals surface area contributed by atoms with Crippen molar-refractivity contribution in [3.05, 3.63) is 77.9 Å². The number of carboxylic acid groups (broad SMARTS) is 1. The van der Waals surface area contributed by atoms with Gasteiger partial charge in [0.15, 0.2) is 0 Å². The normalized spacial score (nSPS) is 11.6. The Bertz CT molecular complexity index is 1570. The number of carboxylic acids is 1. The summed E-state index contributed by atoms with van der Waals surface area (Å²) in [5.74, 6) is -0.816. The Balaban J connectivity index is 1.87. The van der Waals surface area contributed by atoms with Crippen molar-refractivity contribution >= 4 is 27.8 Å². The molecule has 0 amide bonds. The number of carbonyl (C=O) groups is 1. The van der Waals surface area contributed by atoms with Gasteiger partial charge in [-0.3, -0.25) is 5.10 Å². The second-order valence-corrected chi connectivity index (χ2v) is 8.91. The molecule has 5 aromatic rings. The van der Waals surface area contributed by atoms with Crippen LogP contribution in [0.15, 0.2) is 60.8 Å². The first-order valence-corrected chi connectivity index (χ1v) is 11.7. The molecule has 0 unspecified atom stereocenters. The van der Waals surface area contributed by atoms with Gasteiger partial charge >= 0.3 is 5.97 Å². The number of methoxy groups -OCH3 is 1. The monoisotopic (exact) mass is 487 g/mol. The third-order valence-corrected chi connectivity index (χ3v) is 6.24. The lowest BCUT2D eigenvalue weighted by atomic mass is 9.95. The zero-order valence-electron chi connectivity index (χ0n) is 20.2. The highest BCUT2D eigenvalue weighted by Crippen LogP contribution is 2.45. The number of halogens is 1. The van der Waals surface area contributed by atoms with Gasteiger partial charge in [0.2, 0.25) is 0 Å². The summed E-state index contributed by atoms with van der Waals surface area (Å²) in [5.41, 5.74) is 5.45. The predicted octanol–water partition coefficient (Wildman–Crippen LogP) is 6.16. The van der Waals surface area contributed by atoms with Crippen molar-refractivity contribution in [3.8, 4) is 22.6 Å². The molecule has 0 saturated carbocycles. The van der Waals surface area contributed by atoms with Gasteiger partial charge in [-0.05, 0) is 60.5 Å². The zero-order chi connectivity index (χ0) is 25.4. The smallest absolute Gasteiger partial charge is 0.335 e. The van der Waals surface area contributed by atoms with E-state index in [9.17, 15) is 14.3 Å². The first kappa shape index (κ1) is 23.6. The van der Waals surface area contributed by atoms with E-state index in [0.717, 1.165) is 44.3 Å². The summed E-state index contributed by atoms with van der Waals surface area (Å²) in [6.45, 7) is 4.83. The van der Waals surface area contributed by atoms with Gasteiger partial charge in [0.25, 0.3) is 0 Å². The number of nitrogens with zero attached hydrogens (tertiary/aromatic N) is 2. The molecule has 2 aromatic heterocycles. The van der Waals surface area contributed by atoms with Gasteiger partial charge in [-0.25, -0.2) is 9.18 Å². The van der Waals surface area contributed by atoms with Gasteiger partial charge in [-0.15, -0.1) is 0 Å². The third kappa shape index (κ3) is 4.09. The maximum absolute atomic E-state index is 13.8. The van der Waals surface area contributed by atoms with Crippen molar-refractivity contribution in [3.63, 3.8) is 0 Å². The van der Waals surface area contributed by atoms with E-state index < -0.39 is 5.97 Å². The van der Waals surface area contributed by atoms with Crippen molar-refractivity contribution in [1.82, 2.24) is 14.8 Å². The average Bonchev–Trinajstić information content (AvgIpc) is 3.45. The molecule has 2 N–H and O–H groups in total. The molecular formula is C28H26FN3O4. The number of benzene rings is 3. The average molecular weight is 488 g/mol. The van der Waals surface area contributed by atoms with Crippen LogP contribution in [0, 0.1) is 5.82 Å². The molecular weight excluding hydrogens is 461 g/mol. The summed E-state index contributed by atoms with van der Waals surface area (Å²) in [6, 6.07) is 15.4. The van der Waals surface area contributed by atoms with E-state index in [1.165, 1.54) is 12.1 Å². The summed E-state index contributed by atoms with van der Waals surface area (Å²) in [6.07, 6.45) is 1.77. The van der Waals surface area contributed by atoms with Crippen LogP contribution in [-0.2, 0) is 4.74 Å². The van der Waals surface area contributed by atoms with E-state index in [-0.39, 0.29) is 23.9 Å². The summed E-state index contributed by atoms with van der Waals surface area (Å²) >= 11 is 0. The summed E-state index contributed by atoms with van der Waals surface area (Å²) in [7, 11) is 1.58. The van der Waals surface area contributed by atoms with E-state index in [1.54, 1.807) is 43.6 Å². The highest BCUT2D eigenvalue weighted by Gasteiger charge is 2.25. The first-order chi connectivity index (χ1) is 17.4. The zero-order valence-corrected chi connectivity index (χ0v) is 20.2. The van der Waals surface area contributed by atoms with Gasteiger partial charge in [-0.2, -0.15) is 5.10 Å². The van der Waals surface area contributed by atoms with E-state index in [1.807, 2.05) is 6.07 Å². The Labute approximate surface area is 207 Å². The van der Waals surface area contributed by atoms with Crippen LogP contribution in [0.5, 0.6) is 5.75 Å². The quantitative estimate of drug-likeness (QED) is 0.256. The van der Waals surface area contributed by atoms with Gasteiger partial charge in [0, 0.05) is 40.4 Å². The Hall–Kier alpha value is -4.17. The highest BCUT2D eigenvalue weighted by molar-refractivity contribution is 6.07. The molecule has 0 aliphatic carbocycles. The van der Waals surface area contributed by atoms with Gasteiger partial charge in [-0.1, -0.05) is 13.8 Å². The fourth-order valence-corrected chi connectivity index (χ4v) is 4.66. The molecule has 0 fully saturated rings. The van der Waals surface area contributed by atoms with Crippen LogP contribution in [0.25, 0.3) is 38.6 Å². The molecule has 5 rings (SSSR count). The van der Waals surface area contributed by atoms with Crippen LogP contribution < -0.4 is 4.74 Å². The fourth-order valence-electron chi connectivity index (χ4n) is 4.66. The maximum Gasteiger partial charge on any atom is 0.335 e. The molecule has 0 atom stereocenters. The number of aromatic amines is 1. The van der Waals surface area contributed by atoms with Crippen LogP contribution in [0.3, 0.4) is 0 Å². The van der Waals surface area contributed by atoms with Crippen LogP contribution >= 0.6 is 0 Å². The lowest BCUT2D eigenvalue weighted by molar-refractivity contribution is 0.0696. The lowest BCUT2D eigenvalue weighted by Crippen LogP contribution is -2.07. The number of H-pyrrole nitrogens is 1. The van der Waals surface area contributed by atoms with Crippen LogP contribution in [0.4, 0.5) is 4.39 Å². The van der Waals surface area contributed by atoms with Crippen molar-refractivity contribution < 1.29 is 23.8 Å². The Morgan fingerprint density at radius 2 is 1.89 bits per heavy atom. The molecule has 0 bridgehead atoms. The molecule has 0 aliphatic heterocycles. The number of hydrogen-bond donors (Lipinski definition) is 2. The van der Waals surface area contributed by atoms with Crippen LogP contribution in [0.1, 0.15) is 35.8 Å². The minimum absolute atomic E-state index is 0.0693. The minimum Gasteiger partial charge on any atom is -0.491 e. The highest BCUT2D eigenvalue weighted by atomic mass is 19.1. The third-order valence-electron chi connectivity index (χ3n) is 6.24. The summed E-state index contributed by atoms with van der Waals surface area (Å²) < 4.78 is 27.1. The second kappa shape index (κ2) is 9.47. The maximum atomic E-state index is 13.8. The minimum atomic E-state index is -1.03. The SMILES string of the molecule is COCCOc1cc(C(=O)O)ccc1-c1c(C(C)C)n(-c2ccc(F)cc2)c2cc3cn[nH]c3cc12. The molecule has 0 spiro atoms. The number of rotatable bonds is 8. The standard InChI is InChI=1S/C28H26FN3O4/c1-16(2)27-26(21-9-4-17(28(33)34)13-25(21)36-11-10-35-3)22-14-23-18(15-30-31-23)12-24(22)32(27)20-7-5-19(29)6-8-20/h4-9,12-16H,10-11H2,1-3H3,(H,30,31)(H,33,34). The molecule has 8 heteroatoms. The number of ether oxygens (including phenoxy) is 2. The van der Waals surface area contributed by atoms with Gasteiger partial charge < -0.3 is 19.1 Å². The van der Waals surface area contributed by atoms with Crippen molar-refractivity contribution in [2.24, 2.45) is 0 Å². The molecule has 184 valence electrons. The van der Waals surface area contributed by atoms with Gasteiger partial charge in [0.1, 0.15) is 18.2 Å². The van der Waals surface area contributed by atoms with Crippen LogP contribution in [-0.4, -0.2) is 46.2 Å². The lowest BCUT2D eigenvalue weighted by Gasteiger charge is -2.18. The van der Waals surface area contributed by atoms with Gasteiger partial charge in [0.05, 0.1) is 29.4 Å². The van der Waals surface area contributed by atoms with E-state index >= 15 is 0 Å². The number of aromatic nitrogens is 3. The van der Waals surface area contributed by atoms with Crippen molar-refractivity contribution in [2.45, 2.75) is 19.8 Å². The van der Waals surface area contributed by atoms with E-state index in [0.29, 0.717) is 12.4 Å². The Morgan fingerprint density at radius 1 is 1.11 bits per heavy atom. The Kier molecular flexibility index (Phi) is 6.20. The second-order valence-electron chi connectivity index (χ2n) is 8.91. The molecule has 7 nitrogen and oxygen atoms in total. The molecule has 0 aliphatic rings. The molecule has 0 radical (unpaired) electrons. The predicted molar refractivity (Wildman–Crippen MR) is 137 cm³/mol. The topological polar surface area (TPSA) is 89.4 Å². The number of fused-ring (bicyclic) bond motifs is 2. The van der Waals surface area contributed by atoms with Crippen molar-refractivity contribution in [2.75, 3.05) is 20.3 Å². The molecule has 3 aromatic carbocycles. The summed E-state index contributed by atoms with van der Waals surface area (Å²) in [4.78, 5) is 11.7. The fraction of sp³-hybridized carbons (Fsp3) is 0.214. The number of nitrogens with one attached hydrogen (secondary N) is 1. The largest absolute Gasteiger partial charge is 0.491 e. The number of hydrogen-bond acceptors (Lipinski definition) is 4. The number of aromatic carboxylic acids is 1. The molecule has 36 heavy (non-hydrogen) atoms.